The number of hydrogen-bond donors (Lipinski definition) is 1. The van der Waals surface area contributed by atoms with E-state index in [2.05, 4.69) is 0 Å². The molecule has 0 spiro atoms. The van der Waals surface area contributed by atoms with Gasteiger partial charge in [-0.2, -0.15) is 0 Å². The van der Waals surface area contributed by atoms with E-state index in [1.54, 1.807) is 16.7 Å². The van der Waals surface area contributed by atoms with Gasteiger partial charge in [-0.3, -0.25) is 4.79 Å². The summed E-state index contributed by atoms with van der Waals surface area (Å²) in [5.41, 5.74) is 6.60. The van der Waals surface area contributed by atoms with E-state index in [9.17, 15) is 9.59 Å². The third-order valence-electron chi connectivity index (χ3n) is 4.09. The van der Waals surface area contributed by atoms with E-state index in [0.29, 0.717) is 19.6 Å². The van der Waals surface area contributed by atoms with Crippen LogP contribution in [-0.2, 0) is 16.1 Å². The molecule has 2 N–H and O–H groups in total. The summed E-state index contributed by atoms with van der Waals surface area (Å²) in [5, 5.41) is 0. The first kappa shape index (κ1) is 17.3. The second-order valence-electron chi connectivity index (χ2n) is 5.84. The van der Waals surface area contributed by atoms with Crippen molar-refractivity contribution in [3.63, 3.8) is 0 Å². The fourth-order valence-corrected chi connectivity index (χ4v) is 2.82. The molecule has 1 aliphatic rings. The number of likely N-dealkylation sites (tertiary alicyclic amines) is 1. The number of rotatable bonds is 5. The molecule has 2 rings (SSSR count). The maximum Gasteiger partial charge on any atom is 0.410 e. The van der Waals surface area contributed by atoms with Gasteiger partial charge in [-0.25, -0.2) is 4.79 Å². The van der Waals surface area contributed by atoms with Gasteiger partial charge < -0.3 is 20.3 Å². The molecule has 0 unspecified atom stereocenters. The highest BCUT2D eigenvalue weighted by atomic mass is 16.6. The summed E-state index contributed by atoms with van der Waals surface area (Å²) >= 11 is 0. The van der Waals surface area contributed by atoms with E-state index in [1.807, 2.05) is 37.3 Å². The normalized spacial score (nSPS) is 18.6. The molecule has 0 radical (unpaired) electrons. The average Bonchev–Trinajstić information content (AvgIpc) is 3.03. The largest absolute Gasteiger partial charge is 0.445 e. The van der Waals surface area contributed by atoms with Crippen LogP contribution in [0.3, 0.4) is 0 Å². The second kappa shape index (κ2) is 7.97. The van der Waals surface area contributed by atoms with Crippen LogP contribution in [0.4, 0.5) is 4.79 Å². The monoisotopic (exact) mass is 319 g/mol. The van der Waals surface area contributed by atoms with E-state index in [0.717, 1.165) is 12.0 Å². The number of amides is 2. The van der Waals surface area contributed by atoms with Crippen molar-refractivity contribution in [2.75, 3.05) is 19.6 Å². The van der Waals surface area contributed by atoms with Crippen LogP contribution in [0.15, 0.2) is 30.3 Å². The van der Waals surface area contributed by atoms with Gasteiger partial charge in [0.2, 0.25) is 5.91 Å². The molecule has 0 aliphatic carbocycles. The fraction of sp³-hybridized carbons (Fsp3) is 0.529. The molecule has 6 heteroatoms. The summed E-state index contributed by atoms with van der Waals surface area (Å²) in [7, 11) is 0. The van der Waals surface area contributed by atoms with E-state index in [-0.39, 0.29) is 24.6 Å². The molecule has 0 bridgehead atoms. The Bertz CT molecular complexity index is 533. The Morgan fingerprint density at radius 3 is 2.70 bits per heavy atom. The van der Waals surface area contributed by atoms with Gasteiger partial charge >= 0.3 is 6.09 Å². The van der Waals surface area contributed by atoms with Crippen LogP contribution in [0.1, 0.15) is 25.8 Å². The lowest BCUT2D eigenvalue weighted by Crippen LogP contribution is -2.45. The second-order valence-corrected chi connectivity index (χ2v) is 5.84. The number of benzene rings is 1. The van der Waals surface area contributed by atoms with Gasteiger partial charge in [0.05, 0.1) is 12.1 Å². The van der Waals surface area contributed by atoms with E-state index in [4.69, 9.17) is 10.5 Å². The highest BCUT2D eigenvalue weighted by Crippen LogP contribution is 2.17. The SMILES string of the molecule is CCN(C(=O)OCc1ccccc1)[C@H]1CCN(C(=O)[C@H](C)N)C1. The Kier molecular flexibility index (Phi) is 5.98. The Balaban J connectivity index is 1.89. The van der Waals surface area contributed by atoms with Crippen molar-refractivity contribution in [3.05, 3.63) is 35.9 Å². The van der Waals surface area contributed by atoms with Crippen molar-refractivity contribution in [1.29, 1.82) is 0 Å². The van der Waals surface area contributed by atoms with Crippen LogP contribution in [0.25, 0.3) is 0 Å². The van der Waals surface area contributed by atoms with Crippen LogP contribution in [-0.4, -0.2) is 53.5 Å². The zero-order valence-corrected chi connectivity index (χ0v) is 13.8. The minimum atomic E-state index is -0.506. The summed E-state index contributed by atoms with van der Waals surface area (Å²) < 4.78 is 5.40. The standard InChI is InChI=1S/C17H25N3O3/c1-3-20(15-9-10-19(11-15)16(21)13(2)18)17(22)23-12-14-7-5-4-6-8-14/h4-8,13,15H,3,9-12,18H2,1-2H3/t13-,15-/m0/s1. The number of carbonyl (C=O) groups is 2. The summed E-state index contributed by atoms with van der Waals surface area (Å²) in [6.07, 6.45) is 0.420. The Morgan fingerprint density at radius 2 is 2.09 bits per heavy atom. The van der Waals surface area contributed by atoms with Crippen LogP contribution < -0.4 is 5.73 Å². The number of nitrogens with two attached hydrogens (primary N) is 1. The maximum atomic E-state index is 12.3. The third kappa shape index (κ3) is 4.45. The van der Waals surface area contributed by atoms with Crippen molar-refractivity contribution in [2.45, 2.75) is 39.0 Å². The lowest BCUT2D eigenvalue weighted by molar-refractivity contribution is -0.131. The highest BCUT2D eigenvalue weighted by Gasteiger charge is 2.33. The Hall–Kier alpha value is -2.08. The number of hydrogen-bond acceptors (Lipinski definition) is 4. The molecule has 126 valence electrons. The topological polar surface area (TPSA) is 75.9 Å². The summed E-state index contributed by atoms with van der Waals surface area (Å²) in [6.45, 7) is 5.56. The number of likely N-dealkylation sites (N-methyl/N-ethyl adjacent to an activating group) is 1. The molecule has 2 atom stereocenters. The lowest BCUT2D eigenvalue weighted by atomic mass is 10.2. The van der Waals surface area contributed by atoms with Gasteiger partial charge in [0.15, 0.2) is 0 Å². The van der Waals surface area contributed by atoms with Gasteiger partial charge in [-0.1, -0.05) is 30.3 Å². The zero-order chi connectivity index (χ0) is 16.8. The lowest BCUT2D eigenvalue weighted by Gasteiger charge is -2.27. The summed E-state index contributed by atoms with van der Waals surface area (Å²) in [4.78, 5) is 27.7. The minimum absolute atomic E-state index is 0.00836. The number of nitrogens with zero attached hydrogens (tertiary/aromatic N) is 2. The van der Waals surface area contributed by atoms with Crippen LogP contribution in [0.5, 0.6) is 0 Å². The van der Waals surface area contributed by atoms with Crippen LogP contribution in [0.2, 0.25) is 0 Å². The van der Waals surface area contributed by atoms with Crippen LogP contribution >= 0.6 is 0 Å². The van der Waals surface area contributed by atoms with Crippen molar-refractivity contribution in [2.24, 2.45) is 5.73 Å². The van der Waals surface area contributed by atoms with Crippen molar-refractivity contribution in [3.8, 4) is 0 Å². The smallest absolute Gasteiger partial charge is 0.410 e. The highest BCUT2D eigenvalue weighted by molar-refractivity contribution is 5.81. The molecule has 1 fully saturated rings. The molecule has 2 amide bonds. The summed E-state index contributed by atoms with van der Waals surface area (Å²) in [5.74, 6) is -0.0683. The predicted molar refractivity (Wildman–Crippen MR) is 87.6 cm³/mol. The first-order valence-electron chi connectivity index (χ1n) is 8.04. The molecular weight excluding hydrogens is 294 g/mol. The predicted octanol–water partition coefficient (Wildman–Crippen LogP) is 1.59. The first-order valence-corrected chi connectivity index (χ1v) is 8.04. The van der Waals surface area contributed by atoms with Crippen molar-refractivity contribution in [1.82, 2.24) is 9.80 Å². The number of carbonyl (C=O) groups excluding carboxylic acids is 2. The van der Waals surface area contributed by atoms with Crippen molar-refractivity contribution >= 4 is 12.0 Å². The molecule has 1 heterocycles. The van der Waals surface area contributed by atoms with Gasteiger partial charge in [0.25, 0.3) is 0 Å². The Labute approximate surface area is 137 Å². The molecule has 1 saturated heterocycles. The molecule has 1 aliphatic heterocycles. The minimum Gasteiger partial charge on any atom is -0.445 e. The molecular formula is C17H25N3O3. The van der Waals surface area contributed by atoms with E-state index >= 15 is 0 Å². The molecule has 1 aromatic rings. The van der Waals surface area contributed by atoms with E-state index < -0.39 is 6.04 Å². The molecule has 0 saturated carbocycles. The zero-order valence-electron chi connectivity index (χ0n) is 13.8. The Morgan fingerprint density at radius 1 is 1.39 bits per heavy atom. The average molecular weight is 319 g/mol. The number of ether oxygens (including phenoxy) is 1. The van der Waals surface area contributed by atoms with Crippen LogP contribution in [0, 0.1) is 0 Å². The van der Waals surface area contributed by atoms with Gasteiger partial charge in [0.1, 0.15) is 6.61 Å². The molecule has 0 aromatic heterocycles. The summed E-state index contributed by atoms with van der Waals surface area (Å²) in [6, 6.07) is 9.07. The van der Waals surface area contributed by atoms with Gasteiger partial charge in [-0.15, -0.1) is 0 Å². The molecule has 6 nitrogen and oxygen atoms in total. The quantitative estimate of drug-likeness (QED) is 0.894. The van der Waals surface area contributed by atoms with Gasteiger partial charge in [0, 0.05) is 19.6 Å². The molecule has 23 heavy (non-hydrogen) atoms. The van der Waals surface area contributed by atoms with Gasteiger partial charge in [-0.05, 0) is 25.8 Å². The fourth-order valence-electron chi connectivity index (χ4n) is 2.82. The van der Waals surface area contributed by atoms with Crippen molar-refractivity contribution < 1.29 is 14.3 Å². The maximum absolute atomic E-state index is 12.3. The van der Waals surface area contributed by atoms with E-state index in [1.165, 1.54) is 0 Å². The first-order chi connectivity index (χ1) is 11.0. The molecule has 1 aromatic carbocycles. The third-order valence-corrected chi connectivity index (χ3v) is 4.09.